The molecule has 20 heavy (non-hydrogen) atoms. The molecule has 1 aromatic heterocycles. The summed E-state index contributed by atoms with van der Waals surface area (Å²) in [6.07, 6.45) is 0. The van der Waals surface area contributed by atoms with Crippen molar-refractivity contribution in [2.75, 3.05) is 6.61 Å². The molecule has 0 amide bonds. The highest BCUT2D eigenvalue weighted by Crippen LogP contribution is 2.33. The number of esters is 1. The Kier molecular flexibility index (Phi) is 3.93. The van der Waals surface area contributed by atoms with E-state index in [1.54, 1.807) is 32.0 Å². The molecule has 6 heteroatoms. The summed E-state index contributed by atoms with van der Waals surface area (Å²) in [6.45, 7) is 4.92. The summed E-state index contributed by atoms with van der Waals surface area (Å²) in [5.74, 6) is -1.01. The van der Waals surface area contributed by atoms with Crippen LogP contribution < -0.4 is 4.89 Å². The van der Waals surface area contributed by atoms with Gasteiger partial charge in [0.25, 0.3) is 0 Å². The lowest BCUT2D eigenvalue weighted by Gasteiger charge is -2.03. The molecule has 2 rings (SSSR count). The van der Waals surface area contributed by atoms with Crippen molar-refractivity contribution < 1.29 is 28.5 Å². The van der Waals surface area contributed by atoms with E-state index in [2.05, 4.69) is 4.89 Å². The molecular weight excluding hydrogens is 264 g/mol. The molecule has 0 saturated carbocycles. The molecule has 0 unspecified atom stereocenters. The first-order valence-corrected chi connectivity index (χ1v) is 6.09. The molecule has 2 aromatic rings. The van der Waals surface area contributed by atoms with Gasteiger partial charge in [0.1, 0.15) is 5.58 Å². The molecular formula is C14H14O6. The van der Waals surface area contributed by atoms with Crippen LogP contribution in [0.3, 0.4) is 0 Å². The van der Waals surface area contributed by atoms with Gasteiger partial charge in [-0.1, -0.05) is 6.07 Å². The molecule has 0 atom stereocenters. The Morgan fingerprint density at radius 2 is 2.05 bits per heavy atom. The van der Waals surface area contributed by atoms with Gasteiger partial charge in [-0.2, -0.15) is 0 Å². The van der Waals surface area contributed by atoms with E-state index >= 15 is 0 Å². The maximum atomic E-state index is 11.9. The molecule has 1 heterocycles. The van der Waals surface area contributed by atoms with Gasteiger partial charge in [-0.3, -0.25) is 0 Å². The number of aryl methyl sites for hydroxylation is 1. The van der Waals surface area contributed by atoms with Crippen LogP contribution in [0.15, 0.2) is 22.6 Å². The fourth-order valence-corrected chi connectivity index (χ4v) is 1.84. The summed E-state index contributed by atoms with van der Waals surface area (Å²) in [6, 6.07) is 5.00. The van der Waals surface area contributed by atoms with Gasteiger partial charge in [0.05, 0.1) is 12.2 Å². The SMILES string of the molecule is CCOC(=O)c1cccc2oc(OOC(C)=O)c(C)c12. The van der Waals surface area contributed by atoms with E-state index in [0.717, 1.165) is 0 Å². The first-order valence-electron chi connectivity index (χ1n) is 6.09. The van der Waals surface area contributed by atoms with Crippen molar-refractivity contribution >= 4 is 22.9 Å². The van der Waals surface area contributed by atoms with Crippen LogP contribution in [0.2, 0.25) is 0 Å². The Bertz CT molecular complexity index is 655. The summed E-state index contributed by atoms with van der Waals surface area (Å²) in [7, 11) is 0. The zero-order valence-corrected chi connectivity index (χ0v) is 11.4. The summed E-state index contributed by atoms with van der Waals surface area (Å²) in [5, 5.41) is 0.577. The number of rotatable bonds is 4. The van der Waals surface area contributed by atoms with Crippen molar-refractivity contribution in [3.05, 3.63) is 29.3 Å². The predicted molar refractivity (Wildman–Crippen MR) is 69.3 cm³/mol. The van der Waals surface area contributed by atoms with E-state index < -0.39 is 11.9 Å². The number of hydrogen-bond donors (Lipinski definition) is 0. The average molecular weight is 278 g/mol. The maximum Gasteiger partial charge on any atom is 0.352 e. The zero-order chi connectivity index (χ0) is 14.7. The van der Waals surface area contributed by atoms with E-state index in [4.69, 9.17) is 14.0 Å². The number of furan rings is 1. The minimum atomic E-state index is -0.601. The molecule has 0 aliphatic heterocycles. The van der Waals surface area contributed by atoms with Gasteiger partial charge in [0, 0.05) is 17.9 Å². The Hall–Kier alpha value is -2.50. The number of carbonyl (C=O) groups excluding carboxylic acids is 2. The minimum absolute atomic E-state index is 0.0342. The van der Waals surface area contributed by atoms with Gasteiger partial charge in [0.15, 0.2) is 0 Å². The molecule has 1 aromatic carbocycles. The molecule has 0 radical (unpaired) electrons. The van der Waals surface area contributed by atoms with Crippen LogP contribution in [-0.2, 0) is 14.4 Å². The smallest absolute Gasteiger partial charge is 0.352 e. The Morgan fingerprint density at radius 3 is 2.70 bits per heavy atom. The Morgan fingerprint density at radius 1 is 1.30 bits per heavy atom. The van der Waals surface area contributed by atoms with Crippen LogP contribution in [0.1, 0.15) is 29.8 Å². The van der Waals surface area contributed by atoms with Gasteiger partial charge in [-0.15, -0.1) is 0 Å². The highest BCUT2D eigenvalue weighted by atomic mass is 17.2. The third kappa shape index (κ3) is 2.59. The second-order valence-corrected chi connectivity index (χ2v) is 4.07. The maximum absolute atomic E-state index is 11.9. The molecule has 0 aliphatic carbocycles. The van der Waals surface area contributed by atoms with Crippen molar-refractivity contribution in [3.63, 3.8) is 0 Å². The summed E-state index contributed by atoms with van der Waals surface area (Å²) in [5.41, 5.74) is 1.39. The van der Waals surface area contributed by atoms with Crippen LogP contribution in [0.4, 0.5) is 0 Å². The van der Waals surface area contributed by atoms with Crippen LogP contribution in [0.25, 0.3) is 11.0 Å². The normalized spacial score (nSPS) is 10.3. The van der Waals surface area contributed by atoms with Crippen LogP contribution in [0, 0.1) is 6.92 Å². The monoisotopic (exact) mass is 278 g/mol. The van der Waals surface area contributed by atoms with Gasteiger partial charge in [0.2, 0.25) is 0 Å². The van der Waals surface area contributed by atoms with Gasteiger partial charge < -0.3 is 9.15 Å². The third-order valence-electron chi connectivity index (χ3n) is 2.64. The molecule has 106 valence electrons. The second-order valence-electron chi connectivity index (χ2n) is 4.07. The molecule has 0 bridgehead atoms. The molecule has 0 spiro atoms. The standard InChI is InChI=1S/C14H14O6/c1-4-17-13(16)10-6-5-7-11-12(10)8(2)14(18-11)20-19-9(3)15/h5-7H,4H2,1-3H3. The fourth-order valence-electron chi connectivity index (χ4n) is 1.84. The summed E-state index contributed by atoms with van der Waals surface area (Å²) in [4.78, 5) is 31.9. The molecule has 0 N–H and O–H groups in total. The highest BCUT2D eigenvalue weighted by molar-refractivity contribution is 6.05. The Balaban J connectivity index is 2.46. The fraction of sp³-hybridized carbons (Fsp3) is 0.286. The number of carbonyl (C=O) groups is 2. The zero-order valence-electron chi connectivity index (χ0n) is 11.4. The van der Waals surface area contributed by atoms with Gasteiger partial charge in [-0.25, -0.2) is 19.4 Å². The molecule has 0 aliphatic rings. The van der Waals surface area contributed by atoms with Crippen molar-refractivity contribution in [2.45, 2.75) is 20.8 Å². The predicted octanol–water partition coefficient (Wildman–Crippen LogP) is 2.77. The van der Waals surface area contributed by atoms with Crippen molar-refractivity contribution in [2.24, 2.45) is 0 Å². The first-order chi connectivity index (χ1) is 9.54. The lowest BCUT2D eigenvalue weighted by Crippen LogP contribution is -2.05. The van der Waals surface area contributed by atoms with Crippen molar-refractivity contribution in [1.29, 1.82) is 0 Å². The quantitative estimate of drug-likeness (QED) is 0.486. The third-order valence-corrected chi connectivity index (χ3v) is 2.64. The largest absolute Gasteiger partial charge is 0.462 e. The molecule has 0 saturated heterocycles. The second kappa shape index (κ2) is 5.64. The number of ether oxygens (including phenoxy) is 1. The average Bonchev–Trinajstić information content (AvgIpc) is 2.73. The summed E-state index contributed by atoms with van der Waals surface area (Å²) >= 11 is 0. The van der Waals surface area contributed by atoms with Crippen LogP contribution >= 0.6 is 0 Å². The molecule has 6 nitrogen and oxygen atoms in total. The Labute approximate surface area is 115 Å². The lowest BCUT2D eigenvalue weighted by molar-refractivity contribution is -0.217. The first kappa shape index (κ1) is 13.9. The van der Waals surface area contributed by atoms with Crippen molar-refractivity contribution in [3.8, 4) is 5.95 Å². The van der Waals surface area contributed by atoms with Gasteiger partial charge in [-0.05, 0) is 26.0 Å². The lowest BCUT2D eigenvalue weighted by atomic mass is 10.1. The topological polar surface area (TPSA) is 75.0 Å². The van der Waals surface area contributed by atoms with E-state index in [-0.39, 0.29) is 12.6 Å². The number of hydrogen-bond acceptors (Lipinski definition) is 6. The van der Waals surface area contributed by atoms with Crippen LogP contribution in [-0.4, -0.2) is 18.5 Å². The van der Waals surface area contributed by atoms with E-state index in [1.807, 2.05) is 0 Å². The van der Waals surface area contributed by atoms with Crippen molar-refractivity contribution in [1.82, 2.24) is 0 Å². The number of fused-ring (bicyclic) bond motifs is 1. The van der Waals surface area contributed by atoms with E-state index in [1.165, 1.54) is 6.92 Å². The molecule has 0 fully saturated rings. The summed E-state index contributed by atoms with van der Waals surface area (Å²) < 4.78 is 10.4. The minimum Gasteiger partial charge on any atom is -0.462 e. The van der Waals surface area contributed by atoms with E-state index in [0.29, 0.717) is 22.1 Å². The van der Waals surface area contributed by atoms with E-state index in [9.17, 15) is 9.59 Å². The highest BCUT2D eigenvalue weighted by Gasteiger charge is 2.20. The van der Waals surface area contributed by atoms with Gasteiger partial charge >= 0.3 is 17.9 Å². The van der Waals surface area contributed by atoms with Crippen LogP contribution in [0.5, 0.6) is 5.95 Å². The number of benzene rings is 1.